The van der Waals surface area contributed by atoms with Crippen molar-refractivity contribution in [3.8, 4) is 0 Å². The number of esters is 1. The zero-order valence-electron chi connectivity index (χ0n) is 12.2. The number of hydrogen-bond acceptors (Lipinski definition) is 7. The molecule has 1 fully saturated rings. The van der Waals surface area contributed by atoms with Gasteiger partial charge in [0.05, 0.1) is 9.96 Å². The zero-order valence-corrected chi connectivity index (χ0v) is 13.7. The average molecular weight is 370 g/mol. The van der Waals surface area contributed by atoms with E-state index in [0.29, 0.717) is 11.3 Å². The molecule has 1 saturated heterocycles. The Morgan fingerprint density at radius 1 is 1.46 bits per heavy atom. The van der Waals surface area contributed by atoms with Gasteiger partial charge in [0.2, 0.25) is 5.91 Å². The number of nitrogens with two attached hydrogens (primary N) is 1. The first kappa shape index (κ1) is 16.7. The number of β-lactam (4-membered cyclic amide) rings is 1. The number of nitrogens with zero attached hydrogens (tertiary/aromatic N) is 2. The molecule has 3 rings (SSSR count). The first-order valence-electron chi connectivity index (χ1n) is 6.89. The Hall–Kier alpha value is -2.10. The number of rotatable bonds is 4. The molecule has 10 heteroatoms. The Bertz CT molecular complexity index is 751. The molecule has 2 aliphatic heterocycles. The van der Waals surface area contributed by atoms with Gasteiger partial charge in [0.15, 0.2) is 0 Å². The minimum absolute atomic E-state index is 0.0222. The van der Waals surface area contributed by atoms with Crippen molar-refractivity contribution in [3.63, 3.8) is 0 Å². The number of nitro groups is 1. The Balaban J connectivity index is 1.68. The predicted octanol–water partition coefficient (Wildman–Crippen LogP) is 1.33. The highest BCUT2D eigenvalue weighted by molar-refractivity contribution is 8.00. The lowest BCUT2D eigenvalue weighted by molar-refractivity contribution is -0.384. The SMILES string of the molecule is N[C@H]1C(=O)N2C(C(=O)OCc3ccc([N+](=O)[O-])cc3)=C(Cl)CS[C@H]12. The lowest BCUT2D eigenvalue weighted by Gasteiger charge is -2.47. The van der Waals surface area contributed by atoms with Gasteiger partial charge in [-0.2, -0.15) is 0 Å². The van der Waals surface area contributed by atoms with Gasteiger partial charge >= 0.3 is 5.97 Å². The van der Waals surface area contributed by atoms with E-state index in [-0.39, 0.29) is 34.3 Å². The average Bonchev–Trinajstić information content (AvgIpc) is 2.59. The van der Waals surface area contributed by atoms with E-state index in [4.69, 9.17) is 22.1 Å². The van der Waals surface area contributed by atoms with Gasteiger partial charge in [-0.25, -0.2) is 4.79 Å². The van der Waals surface area contributed by atoms with E-state index < -0.39 is 16.9 Å². The first-order valence-corrected chi connectivity index (χ1v) is 8.32. The summed E-state index contributed by atoms with van der Waals surface area (Å²) in [6.07, 6.45) is 0. The third kappa shape index (κ3) is 2.85. The molecule has 0 aromatic heterocycles. The largest absolute Gasteiger partial charge is 0.456 e. The maximum atomic E-state index is 12.3. The molecule has 24 heavy (non-hydrogen) atoms. The molecular formula is C14H12ClN3O5S. The standard InChI is InChI=1S/C14H12ClN3O5S/c15-9-6-24-13-10(16)12(19)17(13)11(9)14(20)23-5-7-1-3-8(4-2-7)18(21)22/h1-4,10,13H,5-6,16H2/t10-,13+/m0/s1. The Morgan fingerprint density at radius 2 is 2.12 bits per heavy atom. The van der Waals surface area contributed by atoms with E-state index in [9.17, 15) is 19.7 Å². The molecule has 2 aliphatic rings. The number of nitro benzene ring substituents is 1. The highest BCUT2D eigenvalue weighted by atomic mass is 35.5. The van der Waals surface area contributed by atoms with Crippen LogP contribution in [0.1, 0.15) is 5.56 Å². The molecule has 1 aromatic carbocycles. The number of halogens is 1. The Kier molecular flexibility index (Phi) is 4.48. The van der Waals surface area contributed by atoms with Crippen LogP contribution in [0.4, 0.5) is 5.69 Å². The lowest BCUT2D eigenvalue weighted by Crippen LogP contribution is -2.68. The number of fused-ring (bicyclic) bond motifs is 1. The molecule has 1 aromatic rings. The summed E-state index contributed by atoms with van der Waals surface area (Å²) in [7, 11) is 0. The van der Waals surface area contributed by atoms with Gasteiger partial charge in [-0.1, -0.05) is 11.6 Å². The van der Waals surface area contributed by atoms with E-state index >= 15 is 0 Å². The van der Waals surface area contributed by atoms with Crippen LogP contribution in [0.25, 0.3) is 0 Å². The molecule has 0 aliphatic carbocycles. The molecule has 2 atom stereocenters. The van der Waals surface area contributed by atoms with Crippen LogP contribution in [0, 0.1) is 10.1 Å². The zero-order chi connectivity index (χ0) is 17.4. The molecule has 2 N–H and O–H groups in total. The summed E-state index contributed by atoms with van der Waals surface area (Å²) >= 11 is 7.46. The maximum absolute atomic E-state index is 12.3. The summed E-state index contributed by atoms with van der Waals surface area (Å²) in [5, 5.41) is 10.5. The number of carbonyl (C=O) groups excluding carboxylic acids is 2. The molecule has 0 unspecified atom stereocenters. The summed E-state index contributed by atoms with van der Waals surface area (Å²) in [4.78, 5) is 35.5. The molecule has 8 nitrogen and oxygen atoms in total. The fourth-order valence-electron chi connectivity index (χ4n) is 2.40. The van der Waals surface area contributed by atoms with Gasteiger partial charge in [0.1, 0.15) is 23.7 Å². The van der Waals surface area contributed by atoms with Crippen LogP contribution in [0.3, 0.4) is 0 Å². The van der Waals surface area contributed by atoms with Crippen molar-refractivity contribution < 1.29 is 19.2 Å². The fraction of sp³-hybridized carbons (Fsp3) is 0.286. The van der Waals surface area contributed by atoms with E-state index in [1.54, 1.807) is 0 Å². The monoisotopic (exact) mass is 369 g/mol. The van der Waals surface area contributed by atoms with Gasteiger partial charge in [0.25, 0.3) is 5.69 Å². The molecule has 0 spiro atoms. The lowest BCUT2D eigenvalue weighted by atomic mass is 10.1. The highest BCUT2D eigenvalue weighted by Gasteiger charge is 2.52. The predicted molar refractivity (Wildman–Crippen MR) is 86.8 cm³/mol. The van der Waals surface area contributed by atoms with Crippen molar-refractivity contribution in [2.75, 3.05) is 5.75 Å². The van der Waals surface area contributed by atoms with Crippen molar-refractivity contribution in [3.05, 3.63) is 50.7 Å². The van der Waals surface area contributed by atoms with Crippen LogP contribution >= 0.6 is 23.4 Å². The molecule has 0 radical (unpaired) electrons. The van der Waals surface area contributed by atoms with Gasteiger partial charge < -0.3 is 10.5 Å². The fourth-order valence-corrected chi connectivity index (χ4v) is 3.89. The van der Waals surface area contributed by atoms with Crippen molar-refractivity contribution in [1.82, 2.24) is 4.90 Å². The minimum atomic E-state index is -0.719. The third-order valence-electron chi connectivity index (χ3n) is 3.67. The molecule has 1 amide bonds. The van der Waals surface area contributed by atoms with Crippen LogP contribution in [0.2, 0.25) is 0 Å². The first-order chi connectivity index (χ1) is 11.4. The minimum Gasteiger partial charge on any atom is -0.456 e. The van der Waals surface area contributed by atoms with Crippen LogP contribution in [-0.2, 0) is 20.9 Å². The summed E-state index contributed by atoms with van der Waals surface area (Å²) < 4.78 is 5.18. The molecule has 0 saturated carbocycles. The molecule has 0 bridgehead atoms. The number of non-ortho nitro benzene ring substituents is 1. The number of carbonyl (C=O) groups is 2. The van der Waals surface area contributed by atoms with Crippen LogP contribution in [-0.4, -0.2) is 38.9 Å². The van der Waals surface area contributed by atoms with Crippen LogP contribution in [0.15, 0.2) is 35.0 Å². The Morgan fingerprint density at radius 3 is 2.75 bits per heavy atom. The molecule has 2 heterocycles. The second-order valence-electron chi connectivity index (χ2n) is 5.19. The molecule has 126 valence electrons. The van der Waals surface area contributed by atoms with Gasteiger partial charge in [-0.3, -0.25) is 19.8 Å². The molecular weight excluding hydrogens is 358 g/mol. The van der Waals surface area contributed by atoms with Crippen molar-refractivity contribution in [2.45, 2.75) is 18.0 Å². The van der Waals surface area contributed by atoms with Crippen molar-refractivity contribution in [2.24, 2.45) is 5.73 Å². The normalized spacial score (nSPS) is 22.8. The summed E-state index contributed by atoms with van der Waals surface area (Å²) in [6, 6.07) is 4.98. The summed E-state index contributed by atoms with van der Waals surface area (Å²) in [5.74, 6) is -0.706. The van der Waals surface area contributed by atoms with E-state index in [2.05, 4.69) is 0 Å². The topological polar surface area (TPSA) is 116 Å². The summed E-state index contributed by atoms with van der Waals surface area (Å²) in [5.41, 5.74) is 6.26. The third-order valence-corrected chi connectivity index (χ3v) is 5.45. The van der Waals surface area contributed by atoms with Crippen LogP contribution in [0.5, 0.6) is 0 Å². The van der Waals surface area contributed by atoms with Gasteiger partial charge in [-0.15, -0.1) is 11.8 Å². The van der Waals surface area contributed by atoms with Crippen molar-refractivity contribution >= 4 is 40.9 Å². The number of benzene rings is 1. The Labute approximate surface area is 145 Å². The van der Waals surface area contributed by atoms with Crippen molar-refractivity contribution in [1.29, 1.82) is 0 Å². The van der Waals surface area contributed by atoms with Gasteiger partial charge in [0, 0.05) is 17.9 Å². The van der Waals surface area contributed by atoms with E-state index in [1.807, 2.05) is 0 Å². The van der Waals surface area contributed by atoms with Crippen LogP contribution < -0.4 is 5.73 Å². The second kappa shape index (κ2) is 6.42. The van der Waals surface area contributed by atoms with E-state index in [1.165, 1.54) is 40.9 Å². The highest BCUT2D eigenvalue weighted by Crippen LogP contribution is 2.40. The number of hydrogen-bond donors (Lipinski definition) is 1. The van der Waals surface area contributed by atoms with Gasteiger partial charge in [-0.05, 0) is 17.7 Å². The second-order valence-corrected chi connectivity index (χ2v) is 6.75. The smallest absolute Gasteiger partial charge is 0.356 e. The number of thioether (sulfide) groups is 1. The summed E-state index contributed by atoms with van der Waals surface area (Å²) in [6.45, 7) is -0.0869. The maximum Gasteiger partial charge on any atom is 0.356 e. The number of amides is 1. The van der Waals surface area contributed by atoms with E-state index in [0.717, 1.165) is 0 Å². The quantitative estimate of drug-likeness (QED) is 0.368. The number of ether oxygens (including phenoxy) is 1.